The first-order valence-corrected chi connectivity index (χ1v) is 11.5. The molecule has 3 heteroatoms. The summed E-state index contributed by atoms with van der Waals surface area (Å²) in [6, 6.07) is 23.9. The van der Waals surface area contributed by atoms with E-state index >= 15 is 0 Å². The lowest BCUT2D eigenvalue weighted by molar-refractivity contribution is -0.660. The standard InChI is InChI=1S/C30H30N3/c1-19-17-25(28-20(2)11-9-12-21(28)3)29-27(18-19)33(6)30(31-29)24-14-10-13-23(22(24)4)26-15-7-8-16-32(26)5/h7-18H,1-6H3/q+1. The molecule has 33 heavy (non-hydrogen) atoms. The molecule has 0 aliphatic heterocycles. The van der Waals surface area contributed by atoms with E-state index in [1.807, 2.05) is 0 Å². The molecule has 5 aromatic rings. The van der Waals surface area contributed by atoms with Gasteiger partial charge in [0.1, 0.15) is 12.9 Å². The Labute approximate surface area is 196 Å². The highest BCUT2D eigenvalue weighted by molar-refractivity contribution is 5.96. The lowest BCUT2D eigenvalue weighted by Gasteiger charge is -2.12. The molecule has 3 nitrogen and oxygen atoms in total. The molecule has 2 aromatic heterocycles. The topological polar surface area (TPSA) is 21.7 Å². The van der Waals surface area contributed by atoms with Crippen LogP contribution < -0.4 is 4.57 Å². The van der Waals surface area contributed by atoms with Crippen LogP contribution in [0.25, 0.3) is 44.8 Å². The van der Waals surface area contributed by atoms with Gasteiger partial charge >= 0.3 is 0 Å². The van der Waals surface area contributed by atoms with Gasteiger partial charge < -0.3 is 4.57 Å². The molecule has 0 aliphatic carbocycles. The van der Waals surface area contributed by atoms with E-state index in [9.17, 15) is 0 Å². The summed E-state index contributed by atoms with van der Waals surface area (Å²) >= 11 is 0. The Morgan fingerprint density at radius 2 is 1.45 bits per heavy atom. The fourth-order valence-corrected chi connectivity index (χ4v) is 5.06. The van der Waals surface area contributed by atoms with Gasteiger partial charge in [-0.1, -0.05) is 30.3 Å². The van der Waals surface area contributed by atoms with Crippen molar-refractivity contribution in [3.8, 4) is 33.8 Å². The average molecular weight is 433 g/mol. The number of benzene rings is 3. The monoisotopic (exact) mass is 432 g/mol. The van der Waals surface area contributed by atoms with Gasteiger partial charge in [0.15, 0.2) is 6.20 Å². The van der Waals surface area contributed by atoms with E-state index in [2.05, 4.69) is 124 Å². The number of imidazole rings is 1. The maximum absolute atomic E-state index is 5.26. The van der Waals surface area contributed by atoms with Crippen molar-refractivity contribution in [1.82, 2.24) is 9.55 Å². The minimum absolute atomic E-state index is 1.00. The second kappa shape index (κ2) is 8.00. The number of nitrogens with zero attached hydrogens (tertiary/aromatic N) is 3. The van der Waals surface area contributed by atoms with E-state index in [1.54, 1.807) is 0 Å². The highest BCUT2D eigenvalue weighted by Gasteiger charge is 2.20. The van der Waals surface area contributed by atoms with Crippen LogP contribution in [-0.4, -0.2) is 9.55 Å². The molecule has 0 bridgehead atoms. The molecule has 0 atom stereocenters. The van der Waals surface area contributed by atoms with Gasteiger partial charge in [-0.25, -0.2) is 9.55 Å². The van der Waals surface area contributed by atoms with Gasteiger partial charge in [-0.15, -0.1) is 0 Å². The predicted molar refractivity (Wildman–Crippen MR) is 137 cm³/mol. The van der Waals surface area contributed by atoms with Crippen molar-refractivity contribution in [1.29, 1.82) is 0 Å². The molecule has 0 N–H and O–H groups in total. The molecule has 0 saturated carbocycles. The van der Waals surface area contributed by atoms with Gasteiger partial charge in [-0.3, -0.25) is 0 Å². The molecule has 0 radical (unpaired) electrons. The summed E-state index contributed by atoms with van der Waals surface area (Å²) in [4.78, 5) is 5.26. The minimum atomic E-state index is 1.00. The van der Waals surface area contributed by atoms with Crippen LogP contribution in [0.5, 0.6) is 0 Å². The first-order chi connectivity index (χ1) is 15.9. The zero-order chi connectivity index (χ0) is 23.3. The predicted octanol–water partition coefficient (Wildman–Crippen LogP) is 6.63. The van der Waals surface area contributed by atoms with Crippen molar-refractivity contribution in [2.75, 3.05) is 0 Å². The van der Waals surface area contributed by atoms with E-state index in [1.165, 1.54) is 50.2 Å². The number of fused-ring (bicyclic) bond motifs is 1. The fourth-order valence-electron chi connectivity index (χ4n) is 5.06. The SMILES string of the molecule is Cc1cc(-c2c(C)cccc2C)c2nc(-c3cccc(-c4cccc[n+]4C)c3C)n(C)c2c1. The van der Waals surface area contributed by atoms with Crippen LogP contribution in [0.2, 0.25) is 0 Å². The van der Waals surface area contributed by atoms with Crippen molar-refractivity contribution in [2.45, 2.75) is 27.7 Å². The smallest absolute Gasteiger partial charge is 0.212 e. The Bertz CT molecular complexity index is 1500. The number of pyridine rings is 1. The van der Waals surface area contributed by atoms with Gasteiger partial charge in [-0.05, 0) is 79.8 Å². The summed E-state index contributed by atoms with van der Waals surface area (Å²) in [5.74, 6) is 1.00. The molecule has 0 amide bonds. The third kappa shape index (κ3) is 3.45. The zero-order valence-corrected chi connectivity index (χ0v) is 20.3. The van der Waals surface area contributed by atoms with Crippen molar-refractivity contribution >= 4 is 11.0 Å². The maximum atomic E-state index is 5.26. The van der Waals surface area contributed by atoms with Crippen molar-refractivity contribution in [3.05, 3.63) is 95.2 Å². The minimum Gasteiger partial charge on any atom is -0.327 e. The summed E-state index contributed by atoms with van der Waals surface area (Å²) in [6.07, 6.45) is 2.09. The van der Waals surface area contributed by atoms with Gasteiger partial charge in [0.05, 0.1) is 11.0 Å². The van der Waals surface area contributed by atoms with Crippen LogP contribution in [0, 0.1) is 27.7 Å². The number of hydrogen-bond donors (Lipinski definition) is 0. The van der Waals surface area contributed by atoms with Crippen LogP contribution >= 0.6 is 0 Å². The van der Waals surface area contributed by atoms with E-state index < -0.39 is 0 Å². The first-order valence-electron chi connectivity index (χ1n) is 11.5. The van der Waals surface area contributed by atoms with Crippen molar-refractivity contribution < 1.29 is 4.57 Å². The number of hydrogen-bond acceptors (Lipinski definition) is 1. The summed E-state index contributed by atoms with van der Waals surface area (Å²) in [5, 5.41) is 0. The lowest BCUT2D eigenvalue weighted by Crippen LogP contribution is -2.30. The van der Waals surface area contributed by atoms with E-state index in [4.69, 9.17) is 4.98 Å². The largest absolute Gasteiger partial charge is 0.327 e. The Hall–Kier alpha value is -3.72. The second-order valence-corrected chi connectivity index (χ2v) is 9.12. The Kier molecular flexibility index (Phi) is 5.13. The molecule has 3 aromatic carbocycles. The number of rotatable bonds is 3. The Morgan fingerprint density at radius 1 is 0.758 bits per heavy atom. The van der Waals surface area contributed by atoms with Crippen LogP contribution in [0.15, 0.2) is 72.9 Å². The van der Waals surface area contributed by atoms with Gasteiger partial charge in [0.25, 0.3) is 0 Å². The molecule has 0 unspecified atom stereocenters. The van der Waals surface area contributed by atoms with E-state index in [-0.39, 0.29) is 0 Å². The molecule has 164 valence electrons. The molecule has 0 saturated heterocycles. The molecular weight excluding hydrogens is 402 g/mol. The van der Waals surface area contributed by atoms with Gasteiger partial charge in [0, 0.05) is 35.9 Å². The molecule has 0 aliphatic rings. The molecular formula is C30H30N3+. The first kappa shape index (κ1) is 21.1. The van der Waals surface area contributed by atoms with E-state index in [0.29, 0.717) is 0 Å². The number of aryl methyl sites for hydroxylation is 5. The normalized spacial score (nSPS) is 11.3. The average Bonchev–Trinajstić information content (AvgIpc) is 3.11. The van der Waals surface area contributed by atoms with Gasteiger partial charge in [-0.2, -0.15) is 0 Å². The molecule has 0 spiro atoms. The summed E-state index contributed by atoms with van der Waals surface area (Å²) in [5.41, 5.74) is 13.4. The second-order valence-electron chi connectivity index (χ2n) is 9.12. The molecule has 0 fully saturated rings. The zero-order valence-electron chi connectivity index (χ0n) is 20.3. The highest BCUT2D eigenvalue weighted by Crippen LogP contribution is 2.37. The number of aromatic nitrogens is 3. The summed E-state index contributed by atoms with van der Waals surface area (Å²) < 4.78 is 4.42. The fraction of sp³-hybridized carbons (Fsp3) is 0.200. The van der Waals surface area contributed by atoms with Gasteiger partial charge in [0.2, 0.25) is 5.69 Å². The summed E-state index contributed by atoms with van der Waals surface area (Å²) in [7, 11) is 4.23. The maximum Gasteiger partial charge on any atom is 0.212 e. The quantitative estimate of drug-likeness (QED) is 0.293. The van der Waals surface area contributed by atoms with Crippen LogP contribution in [0.1, 0.15) is 22.3 Å². The van der Waals surface area contributed by atoms with E-state index in [0.717, 1.165) is 16.9 Å². The van der Waals surface area contributed by atoms with Crippen molar-refractivity contribution in [2.24, 2.45) is 14.1 Å². The lowest BCUT2D eigenvalue weighted by atomic mass is 9.94. The molecule has 5 rings (SSSR count). The third-order valence-electron chi connectivity index (χ3n) is 6.79. The highest BCUT2D eigenvalue weighted by atomic mass is 15.1. The summed E-state index contributed by atoms with van der Waals surface area (Å²) in [6.45, 7) is 8.75. The molecule has 2 heterocycles. The van der Waals surface area contributed by atoms with Crippen molar-refractivity contribution in [3.63, 3.8) is 0 Å². The van der Waals surface area contributed by atoms with Crippen LogP contribution in [0.4, 0.5) is 0 Å². The van der Waals surface area contributed by atoms with Crippen LogP contribution in [-0.2, 0) is 14.1 Å². The Morgan fingerprint density at radius 3 is 2.18 bits per heavy atom. The third-order valence-corrected chi connectivity index (χ3v) is 6.79. The Balaban J connectivity index is 1.78. The van der Waals surface area contributed by atoms with Crippen LogP contribution in [0.3, 0.4) is 0 Å².